The van der Waals surface area contributed by atoms with Crippen molar-refractivity contribution < 1.29 is 0 Å². The van der Waals surface area contributed by atoms with Gasteiger partial charge in [-0.2, -0.15) is 0 Å². The van der Waals surface area contributed by atoms with E-state index in [1.54, 1.807) is 283 Å². The van der Waals surface area contributed by atoms with Crippen molar-refractivity contribution in [2.24, 2.45) is 253 Å². The summed E-state index contributed by atoms with van der Waals surface area (Å²) < 4.78 is 0. The van der Waals surface area contributed by atoms with Crippen LogP contribution < -0.4 is 0 Å². The molecule has 0 spiro atoms. The molecule has 36 aliphatic rings. The minimum Gasteiger partial charge on any atom is -0.0625 e. The van der Waals surface area contributed by atoms with Gasteiger partial charge in [0.05, 0.1) is 0 Å². The zero-order valence-corrected chi connectivity index (χ0v) is 80.4. The average molecular weight is 1610 g/mol. The van der Waals surface area contributed by atoms with Gasteiger partial charge in [0.2, 0.25) is 0 Å². The third-order valence-corrected chi connectivity index (χ3v) is 46.1. The van der Waals surface area contributed by atoms with Crippen LogP contribution in [0.4, 0.5) is 0 Å². The van der Waals surface area contributed by atoms with Crippen molar-refractivity contribution in [3.8, 4) is 0 Å². The highest BCUT2D eigenvalue weighted by atomic mass is 14.6. The fourth-order valence-corrected chi connectivity index (χ4v) is 40.6. The molecule has 34 bridgehead atoms. The molecule has 0 heterocycles. The van der Waals surface area contributed by atoms with Gasteiger partial charge in [-0.1, -0.05) is 205 Å². The van der Waals surface area contributed by atoms with Gasteiger partial charge in [0.1, 0.15) is 0 Å². The van der Waals surface area contributed by atoms with E-state index < -0.39 is 0 Å². The molecule has 668 valence electrons. The van der Waals surface area contributed by atoms with Gasteiger partial charge in [0.25, 0.3) is 0 Å². The van der Waals surface area contributed by atoms with Gasteiger partial charge in [-0.15, -0.1) is 0 Å². The van der Waals surface area contributed by atoms with Gasteiger partial charge in [0.15, 0.2) is 0 Å². The van der Waals surface area contributed by atoms with Crippen molar-refractivity contribution in [3.63, 3.8) is 0 Å². The summed E-state index contributed by atoms with van der Waals surface area (Å²) in [6, 6.07) is 0. The fourth-order valence-electron chi connectivity index (χ4n) is 40.6. The van der Waals surface area contributed by atoms with Gasteiger partial charge in [-0.25, -0.2) is 0 Å². The first-order valence-electron chi connectivity index (χ1n) is 56.4. The first-order valence-corrected chi connectivity index (χ1v) is 56.4. The van der Waals surface area contributed by atoms with Gasteiger partial charge in [-0.05, 0) is 529 Å². The molecular formula is C117H200. The Kier molecular flexibility index (Phi) is 28.7. The Labute approximate surface area is 729 Å². The van der Waals surface area contributed by atoms with E-state index in [0.717, 1.165) is 235 Å². The predicted molar refractivity (Wildman–Crippen MR) is 501 cm³/mol. The van der Waals surface area contributed by atoms with Crippen LogP contribution in [0.15, 0.2) is 0 Å². The topological polar surface area (TPSA) is 0 Å². The van der Waals surface area contributed by atoms with Crippen LogP contribution >= 0.6 is 0 Å². The van der Waals surface area contributed by atoms with E-state index in [1.165, 1.54) is 133 Å². The lowest BCUT2D eigenvalue weighted by molar-refractivity contribution is -0.0411. The minimum atomic E-state index is 0.779. The van der Waals surface area contributed by atoms with Gasteiger partial charge < -0.3 is 0 Å². The fraction of sp³-hybridized carbons (Fsp3) is 1.00. The molecule has 0 aromatic carbocycles. The van der Waals surface area contributed by atoms with Crippen LogP contribution in [0.1, 0.15) is 481 Å². The molecule has 0 amide bonds. The van der Waals surface area contributed by atoms with Crippen LogP contribution in [0.25, 0.3) is 0 Å². The molecule has 0 aromatic rings. The Balaban J connectivity index is 0.0000000883. The second kappa shape index (κ2) is 38.4. The Morgan fingerprint density at radius 3 is 0.863 bits per heavy atom. The number of rotatable bonds is 0. The van der Waals surface area contributed by atoms with E-state index in [1.807, 2.05) is 0 Å². The van der Waals surface area contributed by atoms with Crippen molar-refractivity contribution >= 4 is 0 Å². The normalized spacial score (nSPS) is 54.9. The molecule has 0 saturated heterocycles. The van der Waals surface area contributed by atoms with Gasteiger partial charge in [0, 0.05) is 0 Å². The minimum absolute atomic E-state index is 0.779. The van der Waals surface area contributed by atoms with E-state index in [-0.39, 0.29) is 0 Å². The quantitative estimate of drug-likeness (QED) is 0.227. The highest BCUT2D eigenvalue weighted by Crippen LogP contribution is 2.67. The molecule has 0 nitrogen and oxygen atoms in total. The number of fused-ring (bicyclic) bond motifs is 16. The molecule has 0 radical (unpaired) electrons. The maximum Gasteiger partial charge on any atom is -0.0292 e. The molecule has 20 unspecified atom stereocenters. The number of hydrogen-bond donors (Lipinski definition) is 0. The molecule has 0 aromatic heterocycles. The van der Waals surface area contributed by atoms with Crippen LogP contribution in [0.5, 0.6) is 0 Å². The summed E-state index contributed by atoms with van der Waals surface area (Å²) in [5.41, 5.74) is 2.41. The van der Waals surface area contributed by atoms with E-state index in [2.05, 4.69) is 83.1 Å². The van der Waals surface area contributed by atoms with Crippen LogP contribution in [0, 0.1) is 253 Å². The Hall–Kier alpha value is 0. The Morgan fingerprint density at radius 1 is 0.171 bits per heavy atom. The van der Waals surface area contributed by atoms with E-state index in [0.29, 0.717) is 0 Å². The Bertz CT molecular complexity index is 2850. The lowest BCUT2D eigenvalue weighted by atomic mass is 9.50. The second-order valence-corrected chi connectivity index (χ2v) is 55.1. The predicted octanol–water partition coefficient (Wildman–Crippen LogP) is 35.3. The summed E-state index contributed by atoms with van der Waals surface area (Å²) in [5, 5.41) is 0. The standard InChI is InChI=1S/C12H20.2C11H18.2C10H16.3C10H18.C9H16.3C8H14/c1-8-2-9-3-10-5-11(4-9)7-12(8)6-10;1-11-5-8-2-9(6-11)4-10(3-8)7-11;1-7-10-3-8-2-9(5-10)6-11(7)4-8;1-10-5-7-2-8(6-10)4-9(10)3-7;1-6-8-2-7-3-9(5-8)10(6)4-7;1-10-6-2-4-9(8-10)5-3-7-10;1-8-9-4-2-5-10(8)7-3-6-9;1-8-5-6-9-3-2-4-10(8)7-9;1-7-6-8-2-4-9(7)5-3-8;1-6-2-7-4-8(3-6)5-7;2*1-6-4-7-2-3-8(6)5-7/h8-12H,2-7H2,1H3;8-10H,2-7H2,1H3;7-11H,2-6H2,1H3;7-9H,2-6H2,1H3;6-10H,2-5H2,1H3;9H,2-8H2,1H3;2*8-10H,2-7H2,1H3;7-9H,2-6H2,1H3;3*6-8H,2-5H2,1H3. The second-order valence-electron chi connectivity index (χ2n) is 55.1. The molecule has 36 rings (SSSR count). The SMILES string of the molecule is CC12CC3CC(CC(C3)C1)C2.CC12CC3CC(CC1C3)C2.CC12CCCC(CCC1)C2.CC1C2CC3CC(C2)C1C3.CC1C2CC3CC(C2)CC1C3.CC1C2CCCC1CCC2.CC1CC2CC(C1)C2.CC1CC2CC3CC(C2)CC1C3.CC1CC2CCC1C2.CC1CC2CCC1C2.CC1CC2CCC1CC2.CC1CCC2CCCC1C2. The van der Waals surface area contributed by atoms with Crippen LogP contribution in [-0.4, -0.2) is 0 Å². The molecular weight excluding hydrogens is 1410 g/mol. The van der Waals surface area contributed by atoms with E-state index in [9.17, 15) is 0 Å². The summed E-state index contributed by atoms with van der Waals surface area (Å²) in [6.07, 6.45) is 96.8. The first-order chi connectivity index (χ1) is 56.4. The molecule has 0 heteroatoms. The molecule has 0 aliphatic heterocycles. The van der Waals surface area contributed by atoms with Crippen molar-refractivity contribution in [1.82, 2.24) is 0 Å². The molecule has 20 atom stereocenters. The monoisotopic (exact) mass is 1610 g/mol. The summed E-state index contributed by atoms with van der Waals surface area (Å²) >= 11 is 0. The number of hydrogen-bond acceptors (Lipinski definition) is 0. The smallest absolute Gasteiger partial charge is 0.0292 e. The maximum absolute atomic E-state index is 2.54. The summed E-state index contributed by atoms with van der Waals surface area (Å²) in [6.45, 7) is 29.7. The van der Waals surface area contributed by atoms with E-state index in [4.69, 9.17) is 0 Å². The lowest BCUT2D eigenvalue weighted by Crippen LogP contribution is -2.44. The van der Waals surface area contributed by atoms with Crippen molar-refractivity contribution in [2.45, 2.75) is 481 Å². The highest BCUT2D eigenvalue weighted by molar-refractivity contribution is 5.07. The highest BCUT2D eigenvalue weighted by Gasteiger charge is 2.56. The van der Waals surface area contributed by atoms with Crippen LogP contribution in [0.2, 0.25) is 0 Å². The van der Waals surface area contributed by atoms with Gasteiger partial charge >= 0.3 is 0 Å². The van der Waals surface area contributed by atoms with Crippen molar-refractivity contribution in [1.29, 1.82) is 0 Å². The maximum atomic E-state index is 2.54. The molecule has 117 heavy (non-hydrogen) atoms. The van der Waals surface area contributed by atoms with E-state index >= 15 is 0 Å². The zero-order chi connectivity index (χ0) is 80.4. The molecule has 36 saturated carbocycles. The first kappa shape index (κ1) is 87.7. The largest absolute Gasteiger partial charge is 0.0625 e. The molecule has 36 aliphatic carbocycles. The summed E-state index contributed by atoms with van der Waals surface area (Å²) in [5.74, 6) is 45.1. The molecule has 36 fully saturated rings. The third-order valence-electron chi connectivity index (χ3n) is 46.1. The third kappa shape index (κ3) is 21.5. The van der Waals surface area contributed by atoms with Crippen LogP contribution in [0.3, 0.4) is 0 Å². The van der Waals surface area contributed by atoms with Crippen molar-refractivity contribution in [2.75, 3.05) is 0 Å². The average Bonchev–Trinajstić information content (AvgIpc) is 1.73. The molecule has 0 N–H and O–H groups in total. The summed E-state index contributed by atoms with van der Waals surface area (Å²) in [4.78, 5) is 0. The summed E-state index contributed by atoms with van der Waals surface area (Å²) in [7, 11) is 0. The van der Waals surface area contributed by atoms with Gasteiger partial charge in [-0.3, -0.25) is 0 Å². The van der Waals surface area contributed by atoms with Crippen molar-refractivity contribution in [3.05, 3.63) is 0 Å². The zero-order valence-electron chi connectivity index (χ0n) is 80.4. The lowest BCUT2D eigenvalue weighted by Gasteiger charge is -2.55. The van der Waals surface area contributed by atoms with Crippen LogP contribution in [-0.2, 0) is 0 Å². The Morgan fingerprint density at radius 2 is 0.496 bits per heavy atom.